The minimum atomic E-state index is -0.939. The highest BCUT2D eigenvalue weighted by Crippen LogP contribution is 2.18. The maximum Gasteiger partial charge on any atom is 0.323 e. The van der Waals surface area contributed by atoms with Crippen molar-refractivity contribution in [1.29, 1.82) is 0 Å². The van der Waals surface area contributed by atoms with Crippen molar-refractivity contribution < 1.29 is 14.7 Å². The smallest absolute Gasteiger partial charge is 0.323 e. The third-order valence-corrected chi connectivity index (χ3v) is 2.41. The predicted octanol–water partition coefficient (Wildman–Crippen LogP) is 0.760. The van der Waals surface area contributed by atoms with Crippen LogP contribution in [-0.4, -0.2) is 41.4 Å². The van der Waals surface area contributed by atoms with Crippen LogP contribution in [0.5, 0.6) is 0 Å². The van der Waals surface area contributed by atoms with Gasteiger partial charge in [-0.05, 0) is 34.4 Å². The summed E-state index contributed by atoms with van der Waals surface area (Å²) in [5.41, 5.74) is -0.939. The fraction of sp³-hybridized carbons (Fsp3) is 0.778. The van der Waals surface area contributed by atoms with Gasteiger partial charge in [0.15, 0.2) is 0 Å². The Morgan fingerprint density at radius 2 is 1.85 bits per heavy atom. The molecule has 1 N–H and O–H groups in total. The van der Waals surface area contributed by atoms with Gasteiger partial charge in [0.2, 0.25) is 0 Å². The molecule has 0 spiro atoms. The molecule has 0 aromatic rings. The molecule has 0 aromatic heterocycles. The Labute approximate surface area is 78.5 Å². The van der Waals surface area contributed by atoms with Gasteiger partial charge in [-0.25, -0.2) is 0 Å². The molecule has 0 saturated heterocycles. The average Bonchev–Trinajstić information content (AvgIpc) is 1.99. The molecule has 0 radical (unpaired) electrons. The molecule has 0 amide bonds. The molecular formula is C9H17NO3. The minimum Gasteiger partial charge on any atom is -0.480 e. The van der Waals surface area contributed by atoms with Crippen molar-refractivity contribution in [3.63, 3.8) is 0 Å². The SMILES string of the molecule is CC(=O)CCC(C)(C(=O)O)N(C)C. The van der Waals surface area contributed by atoms with Crippen LogP contribution in [0.25, 0.3) is 0 Å². The number of carboxylic acids is 1. The summed E-state index contributed by atoms with van der Waals surface area (Å²) in [4.78, 5) is 23.3. The van der Waals surface area contributed by atoms with E-state index < -0.39 is 11.5 Å². The summed E-state index contributed by atoms with van der Waals surface area (Å²) in [7, 11) is 3.41. The maximum absolute atomic E-state index is 10.9. The van der Waals surface area contributed by atoms with Crippen molar-refractivity contribution in [1.82, 2.24) is 4.90 Å². The first-order valence-corrected chi connectivity index (χ1v) is 4.21. The number of nitrogens with zero attached hydrogens (tertiary/aromatic N) is 1. The lowest BCUT2D eigenvalue weighted by molar-refractivity contribution is -0.149. The monoisotopic (exact) mass is 187 g/mol. The number of aliphatic carboxylic acids is 1. The lowest BCUT2D eigenvalue weighted by Crippen LogP contribution is -2.48. The second-order valence-corrected chi connectivity index (χ2v) is 3.68. The van der Waals surface area contributed by atoms with Gasteiger partial charge in [0.05, 0.1) is 0 Å². The van der Waals surface area contributed by atoms with Crippen molar-refractivity contribution in [2.75, 3.05) is 14.1 Å². The van der Waals surface area contributed by atoms with E-state index >= 15 is 0 Å². The lowest BCUT2D eigenvalue weighted by atomic mass is 9.93. The van der Waals surface area contributed by atoms with E-state index in [1.165, 1.54) is 6.92 Å². The molecule has 0 saturated carbocycles. The van der Waals surface area contributed by atoms with E-state index in [2.05, 4.69) is 0 Å². The first kappa shape index (κ1) is 12.1. The fourth-order valence-electron chi connectivity index (χ4n) is 0.941. The van der Waals surface area contributed by atoms with Crippen LogP contribution in [0.3, 0.4) is 0 Å². The average molecular weight is 187 g/mol. The number of carbonyl (C=O) groups excluding carboxylic acids is 1. The number of rotatable bonds is 5. The minimum absolute atomic E-state index is 0.0225. The van der Waals surface area contributed by atoms with Crippen LogP contribution in [0.15, 0.2) is 0 Å². The Morgan fingerprint density at radius 3 is 2.08 bits per heavy atom. The van der Waals surface area contributed by atoms with Crippen LogP contribution in [0.4, 0.5) is 0 Å². The molecule has 76 valence electrons. The van der Waals surface area contributed by atoms with Crippen LogP contribution < -0.4 is 0 Å². The van der Waals surface area contributed by atoms with Gasteiger partial charge in [-0.3, -0.25) is 9.69 Å². The molecule has 0 heterocycles. The molecule has 0 fully saturated rings. The summed E-state index contributed by atoms with van der Waals surface area (Å²) in [6, 6.07) is 0. The molecule has 4 nitrogen and oxygen atoms in total. The number of hydrogen-bond donors (Lipinski definition) is 1. The Bertz CT molecular complexity index is 213. The number of hydrogen-bond acceptors (Lipinski definition) is 3. The first-order valence-electron chi connectivity index (χ1n) is 4.21. The van der Waals surface area contributed by atoms with Crippen LogP contribution in [0.1, 0.15) is 26.7 Å². The van der Waals surface area contributed by atoms with E-state index in [4.69, 9.17) is 5.11 Å². The number of carboxylic acid groups (broad SMARTS) is 1. The summed E-state index contributed by atoms with van der Waals surface area (Å²) < 4.78 is 0. The van der Waals surface area contributed by atoms with Crippen LogP contribution in [0.2, 0.25) is 0 Å². The molecule has 0 bridgehead atoms. The van der Waals surface area contributed by atoms with E-state index in [9.17, 15) is 9.59 Å². The van der Waals surface area contributed by atoms with Crippen molar-refractivity contribution in [3.8, 4) is 0 Å². The zero-order valence-electron chi connectivity index (χ0n) is 8.63. The number of likely N-dealkylation sites (N-methyl/N-ethyl adjacent to an activating group) is 1. The Kier molecular flexibility index (Phi) is 4.07. The topological polar surface area (TPSA) is 57.6 Å². The van der Waals surface area contributed by atoms with E-state index in [1.807, 2.05) is 0 Å². The van der Waals surface area contributed by atoms with Gasteiger partial charge in [-0.2, -0.15) is 0 Å². The molecule has 1 unspecified atom stereocenters. The third-order valence-electron chi connectivity index (χ3n) is 2.41. The molecule has 0 aliphatic heterocycles. The highest BCUT2D eigenvalue weighted by Gasteiger charge is 2.35. The van der Waals surface area contributed by atoms with Gasteiger partial charge in [-0.15, -0.1) is 0 Å². The summed E-state index contributed by atoms with van der Waals surface area (Å²) in [6.45, 7) is 3.09. The molecule has 13 heavy (non-hydrogen) atoms. The normalized spacial score (nSPS) is 15.5. The summed E-state index contributed by atoms with van der Waals surface area (Å²) in [6.07, 6.45) is 0.658. The summed E-state index contributed by atoms with van der Waals surface area (Å²) in [5, 5.41) is 8.96. The molecule has 0 aliphatic rings. The van der Waals surface area contributed by atoms with Crippen LogP contribution in [0, 0.1) is 0 Å². The highest BCUT2D eigenvalue weighted by molar-refractivity contribution is 5.80. The van der Waals surface area contributed by atoms with Crippen molar-refractivity contribution in [3.05, 3.63) is 0 Å². The number of carbonyl (C=O) groups is 2. The largest absolute Gasteiger partial charge is 0.480 e. The molecule has 0 aliphatic carbocycles. The second kappa shape index (κ2) is 4.37. The second-order valence-electron chi connectivity index (χ2n) is 3.68. The number of ketones is 1. The van der Waals surface area contributed by atoms with Gasteiger partial charge in [0.25, 0.3) is 0 Å². The van der Waals surface area contributed by atoms with E-state index in [0.29, 0.717) is 12.8 Å². The van der Waals surface area contributed by atoms with E-state index in [-0.39, 0.29) is 5.78 Å². The number of Topliss-reactive ketones (excluding diaryl/α,β-unsaturated/α-hetero) is 1. The van der Waals surface area contributed by atoms with Crippen molar-refractivity contribution in [2.24, 2.45) is 0 Å². The lowest BCUT2D eigenvalue weighted by Gasteiger charge is -2.31. The first-order chi connectivity index (χ1) is 5.80. The Balaban J connectivity index is 4.43. The zero-order valence-corrected chi connectivity index (χ0v) is 8.63. The van der Waals surface area contributed by atoms with Crippen LogP contribution >= 0.6 is 0 Å². The quantitative estimate of drug-likeness (QED) is 0.690. The molecular weight excluding hydrogens is 170 g/mol. The summed E-state index contributed by atoms with van der Waals surface area (Å²) in [5.74, 6) is -0.868. The molecule has 4 heteroatoms. The van der Waals surface area contributed by atoms with Gasteiger partial charge < -0.3 is 9.90 Å². The summed E-state index contributed by atoms with van der Waals surface area (Å²) >= 11 is 0. The molecule has 1 atom stereocenters. The molecule has 0 rings (SSSR count). The Hall–Kier alpha value is -0.900. The third kappa shape index (κ3) is 3.14. The Morgan fingerprint density at radius 1 is 1.38 bits per heavy atom. The highest BCUT2D eigenvalue weighted by atomic mass is 16.4. The standard InChI is InChI=1S/C9H17NO3/c1-7(11)5-6-9(2,8(12)13)10(3)4/h5-6H2,1-4H3,(H,12,13). The van der Waals surface area contributed by atoms with Gasteiger partial charge >= 0.3 is 5.97 Å². The predicted molar refractivity (Wildman–Crippen MR) is 49.6 cm³/mol. The van der Waals surface area contributed by atoms with Gasteiger partial charge in [-0.1, -0.05) is 0 Å². The molecule has 0 aromatic carbocycles. The van der Waals surface area contributed by atoms with Crippen molar-refractivity contribution in [2.45, 2.75) is 32.2 Å². The zero-order chi connectivity index (χ0) is 10.6. The maximum atomic E-state index is 10.9. The van der Waals surface area contributed by atoms with E-state index in [1.54, 1.807) is 25.9 Å². The van der Waals surface area contributed by atoms with Crippen LogP contribution in [-0.2, 0) is 9.59 Å². The van der Waals surface area contributed by atoms with Gasteiger partial charge in [0, 0.05) is 6.42 Å². The van der Waals surface area contributed by atoms with E-state index in [0.717, 1.165) is 0 Å². The fourth-order valence-corrected chi connectivity index (χ4v) is 0.941. The van der Waals surface area contributed by atoms with Crippen molar-refractivity contribution >= 4 is 11.8 Å². The van der Waals surface area contributed by atoms with Gasteiger partial charge in [0.1, 0.15) is 11.3 Å².